The van der Waals surface area contributed by atoms with Crippen molar-refractivity contribution in [3.05, 3.63) is 54.5 Å². The molecule has 9 nitrogen and oxygen atoms in total. The van der Waals surface area contributed by atoms with Crippen molar-refractivity contribution in [1.29, 1.82) is 0 Å². The molecule has 0 aliphatic carbocycles. The number of halogens is 1. The van der Waals surface area contributed by atoms with Crippen LogP contribution in [0, 0.1) is 0 Å². The third-order valence-electron chi connectivity index (χ3n) is 5.79. The Balaban J connectivity index is 1.77. The van der Waals surface area contributed by atoms with Crippen LogP contribution >= 0.6 is 0 Å². The summed E-state index contributed by atoms with van der Waals surface area (Å²) in [6.45, 7) is 0.220. The highest BCUT2D eigenvalue weighted by Gasteiger charge is 2.16. The van der Waals surface area contributed by atoms with E-state index in [2.05, 4.69) is 15.0 Å². The van der Waals surface area contributed by atoms with Crippen LogP contribution in [0.5, 0.6) is 11.5 Å². The molecule has 35 heavy (non-hydrogen) atoms. The molecule has 0 amide bonds. The Morgan fingerprint density at radius 2 is 1.77 bits per heavy atom. The first-order chi connectivity index (χ1) is 17.1. The second-order valence-corrected chi connectivity index (χ2v) is 7.92. The lowest BCUT2D eigenvalue weighted by atomic mass is 10.1. The number of benzene rings is 2. The molecule has 0 radical (unpaired) electrons. The smallest absolute Gasteiger partial charge is 0.124 e. The molecule has 0 aliphatic heterocycles. The number of hydrogen-bond acceptors (Lipinski definition) is 8. The fourth-order valence-corrected chi connectivity index (χ4v) is 4.00. The molecule has 2 heterocycles. The molecule has 1 N–H and O–H groups in total. The molecule has 0 aliphatic rings. The zero-order valence-electron chi connectivity index (χ0n) is 19.9. The Kier molecular flexibility index (Phi) is 7.74. The van der Waals surface area contributed by atoms with Gasteiger partial charge >= 0.3 is 0 Å². The molecule has 184 valence electrons. The number of aromatic nitrogens is 4. The number of anilines is 2. The molecule has 0 atom stereocenters. The number of fused-ring (bicyclic) bond motifs is 1. The lowest BCUT2D eigenvalue weighted by molar-refractivity contribution is -0.128. The average molecular weight is 482 g/mol. The van der Waals surface area contributed by atoms with Gasteiger partial charge in [-0.25, -0.2) is 4.98 Å². The number of rotatable bonds is 11. The number of aryl methyl sites for hydroxylation is 1. The summed E-state index contributed by atoms with van der Waals surface area (Å²) in [5.41, 5.74) is 5.48. The Bertz CT molecular complexity index is 1270. The number of nitrogens with zero attached hydrogens (tertiary/aromatic N) is 5. The summed E-state index contributed by atoms with van der Waals surface area (Å²) in [7, 11) is 5.03. The number of ether oxygens (including phenoxy) is 2. The first-order valence-electron chi connectivity index (χ1n) is 11.2. The van der Waals surface area contributed by atoms with Crippen molar-refractivity contribution in [1.82, 2.24) is 19.7 Å². The van der Waals surface area contributed by atoms with Gasteiger partial charge in [0.15, 0.2) is 0 Å². The first-order valence-corrected chi connectivity index (χ1v) is 11.2. The van der Waals surface area contributed by atoms with Gasteiger partial charge in [-0.2, -0.15) is 10.0 Å². The van der Waals surface area contributed by atoms with Crippen molar-refractivity contribution in [3.63, 3.8) is 0 Å². The molecule has 2 aromatic carbocycles. The van der Waals surface area contributed by atoms with Gasteiger partial charge in [0.25, 0.3) is 0 Å². The molecule has 0 unspecified atom stereocenters. The van der Waals surface area contributed by atoms with Gasteiger partial charge < -0.3 is 19.5 Å². The van der Waals surface area contributed by atoms with E-state index >= 15 is 0 Å². The number of hydrogen-bond donors (Lipinski definition) is 1. The van der Waals surface area contributed by atoms with Gasteiger partial charge in [-0.3, -0.25) is 9.67 Å². The SMILES string of the molecule is COc1cc(OC)cc(N(CCOF)c2ccc3ncc(-c4cnn(C)c4CCCO)nc3c2)c1. The molecule has 4 rings (SSSR count). The van der Waals surface area contributed by atoms with Crippen molar-refractivity contribution in [2.24, 2.45) is 7.05 Å². The van der Waals surface area contributed by atoms with E-state index in [1.165, 1.54) is 0 Å². The molecular weight excluding hydrogens is 453 g/mol. The first kappa shape index (κ1) is 24.4. The summed E-state index contributed by atoms with van der Waals surface area (Å²) in [5.74, 6) is 1.22. The predicted octanol–water partition coefficient (Wildman–Crippen LogP) is 4.01. The van der Waals surface area contributed by atoms with E-state index in [0.29, 0.717) is 35.6 Å². The van der Waals surface area contributed by atoms with Crippen LogP contribution in [0.1, 0.15) is 12.1 Å². The summed E-state index contributed by atoms with van der Waals surface area (Å²) < 4.78 is 25.3. The van der Waals surface area contributed by atoms with Crippen LogP contribution in [-0.2, 0) is 18.4 Å². The molecule has 0 bridgehead atoms. The largest absolute Gasteiger partial charge is 0.497 e. The minimum absolute atomic E-state index is 0.102. The van der Waals surface area contributed by atoms with E-state index in [-0.39, 0.29) is 19.8 Å². The molecule has 0 saturated heterocycles. The van der Waals surface area contributed by atoms with Crippen LogP contribution in [0.4, 0.5) is 15.9 Å². The van der Waals surface area contributed by atoms with Crippen LogP contribution in [-0.4, -0.2) is 58.8 Å². The fraction of sp³-hybridized carbons (Fsp3) is 0.320. The lowest BCUT2D eigenvalue weighted by Crippen LogP contribution is -2.21. The minimum atomic E-state index is -0.132. The van der Waals surface area contributed by atoms with Crippen LogP contribution in [0.3, 0.4) is 0 Å². The normalized spacial score (nSPS) is 11.1. The fourth-order valence-electron chi connectivity index (χ4n) is 4.00. The molecule has 0 spiro atoms. The van der Waals surface area contributed by atoms with Gasteiger partial charge in [-0.15, -0.1) is 0 Å². The summed E-state index contributed by atoms with van der Waals surface area (Å²) in [4.78, 5) is 15.2. The molecule has 0 saturated carbocycles. The van der Waals surface area contributed by atoms with Crippen molar-refractivity contribution in [2.75, 3.05) is 38.9 Å². The van der Waals surface area contributed by atoms with Crippen LogP contribution in [0.2, 0.25) is 0 Å². The number of aliphatic hydroxyl groups is 1. The second kappa shape index (κ2) is 11.1. The standard InChI is InChI=1S/C25H28FN5O4/c1-30-25(5-4-9-32)21(15-28-30)24-16-27-22-7-6-17(13-23(22)29-24)31(8-10-35-26)18-11-19(33-2)14-20(12-18)34-3/h6-7,11-16,32H,4-5,8-10H2,1-3H3. The summed E-state index contributed by atoms with van der Waals surface area (Å²) >= 11 is 0. The zero-order valence-corrected chi connectivity index (χ0v) is 19.9. The van der Waals surface area contributed by atoms with E-state index in [4.69, 9.17) is 14.5 Å². The maximum atomic E-state index is 12.7. The molecular formula is C25H28FN5O4. The number of aliphatic hydroxyl groups excluding tert-OH is 1. The summed E-state index contributed by atoms with van der Waals surface area (Å²) in [6.07, 6.45) is 4.80. The van der Waals surface area contributed by atoms with Crippen molar-refractivity contribution < 1.29 is 24.0 Å². The Hall–Kier alpha value is -3.76. The summed E-state index contributed by atoms with van der Waals surface area (Å²) in [5, 5.41) is 13.6. The van der Waals surface area contributed by atoms with Gasteiger partial charge in [-0.05, 0) is 35.6 Å². The maximum absolute atomic E-state index is 12.7. The average Bonchev–Trinajstić information content (AvgIpc) is 3.26. The Morgan fingerprint density at radius 3 is 2.46 bits per heavy atom. The molecule has 2 aromatic heterocycles. The van der Waals surface area contributed by atoms with Gasteiger partial charge in [0.1, 0.15) is 18.1 Å². The monoisotopic (exact) mass is 481 g/mol. The maximum Gasteiger partial charge on any atom is 0.124 e. The van der Waals surface area contributed by atoms with Crippen molar-refractivity contribution >= 4 is 22.4 Å². The second-order valence-electron chi connectivity index (χ2n) is 7.92. The predicted molar refractivity (Wildman–Crippen MR) is 131 cm³/mol. The van der Waals surface area contributed by atoms with Crippen LogP contribution in [0.15, 0.2) is 48.8 Å². The van der Waals surface area contributed by atoms with Gasteiger partial charge in [0.05, 0.1) is 49.9 Å². The number of methoxy groups -OCH3 is 2. The highest BCUT2D eigenvalue weighted by molar-refractivity contribution is 5.83. The van der Waals surface area contributed by atoms with Crippen LogP contribution in [0.25, 0.3) is 22.3 Å². The zero-order chi connectivity index (χ0) is 24.8. The van der Waals surface area contributed by atoms with Gasteiger partial charge in [0, 0.05) is 54.5 Å². The molecule has 10 heteroatoms. The Labute approximate surface area is 202 Å². The van der Waals surface area contributed by atoms with Gasteiger partial charge in [-0.1, -0.05) is 0 Å². The quantitative estimate of drug-likeness (QED) is 0.343. The Morgan fingerprint density at radius 1 is 1.00 bits per heavy atom. The highest BCUT2D eigenvalue weighted by atomic mass is 19.3. The molecule has 4 aromatic rings. The van der Waals surface area contributed by atoms with Crippen LogP contribution < -0.4 is 14.4 Å². The van der Waals surface area contributed by atoms with E-state index in [9.17, 15) is 9.63 Å². The van der Waals surface area contributed by atoms with E-state index < -0.39 is 0 Å². The van der Waals surface area contributed by atoms with E-state index in [1.807, 2.05) is 42.3 Å². The highest BCUT2D eigenvalue weighted by Crippen LogP contribution is 2.34. The van der Waals surface area contributed by atoms with Gasteiger partial charge in [0.2, 0.25) is 0 Å². The van der Waals surface area contributed by atoms with Crippen molar-refractivity contribution in [3.8, 4) is 22.8 Å². The van der Waals surface area contributed by atoms with Crippen molar-refractivity contribution in [2.45, 2.75) is 12.8 Å². The lowest BCUT2D eigenvalue weighted by Gasteiger charge is -2.25. The minimum Gasteiger partial charge on any atom is -0.497 e. The topological polar surface area (TPSA) is 94.8 Å². The summed E-state index contributed by atoms with van der Waals surface area (Å²) in [6, 6.07) is 11.1. The third kappa shape index (κ3) is 5.33. The molecule has 0 fully saturated rings. The third-order valence-corrected chi connectivity index (χ3v) is 5.79. The van der Waals surface area contributed by atoms with E-state index in [0.717, 1.165) is 28.1 Å². The van der Waals surface area contributed by atoms with E-state index in [1.54, 1.807) is 37.4 Å².